The summed E-state index contributed by atoms with van der Waals surface area (Å²) in [5.41, 5.74) is 4.94. The second kappa shape index (κ2) is 7.95. The Labute approximate surface area is 141 Å². The van der Waals surface area contributed by atoms with Gasteiger partial charge in [0.2, 0.25) is 0 Å². The zero-order valence-electron chi connectivity index (χ0n) is 13.3. The summed E-state index contributed by atoms with van der Waals surface area (Å²) in [5.74, 6) is 0.918. The van der Waals surface area contributed by atoms with Crippen LogP contribution in [0.1, 0.15) is 18.1 Å². The average molecular weight is 323 g/mol. The predicted molar refractivity (Wildman–Crippen MR) is 97.9 cm³/mol. The highest BCUT2D eigenvalue weighted by atomic mass is 32.1. The van der Waals surface area contributed by atoms with Crippen molar-refractivity contribution in [1.82, 2.24) is 5.32 Å². The number of ether oxygens (including phenoxy) is 1. The van der Waals surface area contributed by atoms with Crippen molar-refractivity contribution in [2.24, 2.45) is 0 Å². The lowest BCUT2D eigenvalue weighted by atomic mass is 10.1. The van der Waals surface area contributed by atoms with Gasteiger partial charge in [0.1, 0.15) is 12.4 Å². The fourth-order valence-electron chi connectivity index (χ4n) is 2.45. The average Bonchev–Trinajstić information content (AvgIpc) is 3.13. The fraction of sp³-hybridized carbons (Fsp3) is 0.200. The van der Waals surface area contributed by atoms with Crippen LogP contribution in [0.5, 0.6) is 5.75 Å². The maximum Gasteiger partial charge on any atom is 0.120 e. The van der Waals surface area contributed by atoms with E-state index in [1.165, 1.54) is 22.3 Å². The fourth-order valence-corrected chi connectivity index (χ4v) is 3.12. The predicted octanol–water partition coefficient (Wildman–Crippen LogP) is 5.10. The minimum Gasteiger partial charge on any atom is -0.489 e. The molecule has 1 N–H and O–H groups in total. The van der Waals surface area contributed by atoms with Gasteiger partial charge in [-0.05, 0) is 63.8 Å². The monoisotopic (exact) mass is 323 g/mol. The highest BCUT2D eigenvalue weighted by Gasteiger charge is 2.02. The number of nitrogens with one attached hydrogen (secondary N) is 1. The van der Waals surface area contributed by atoms with E-state index < -0.39 is 0 Å². The molecule has 0 atom stereocenters. The second-order valence-corrected chi connectivity index (χ2v) is 6.21. The van der Waals surface area contributed by atoms with Gasteiger partial charge in [0.15, 0.2) is 0 Å². The maximum atomic E-state index is 5.96. The van der Waals surface area contributed by atoms with E-state index in [4.69, 9.17) is 4.74 Å². The highest BCUT2D eigenvalue weighted by molar-refractivity contribution is 7.08. The van der Waals surface area contributed by atoms with E-state index >= 15 is 0 Å². The van der Waals surface area contributed by atoms with Crippen molar-refractivity contribution in [3.05, 3.63) is 76.5 Å². The Balaban J connectivity index is 1.65. The molecule has 0 aliphatic heterocycles. The molecule has 1 heterocycles. The van der Waals surface area contributed by atoms with E-state index in [0.29, 0.717) is 6.61 Å². The van der Waals surface area contributed by atoms with Gasteiger partial charge in [0.05, 0.1) is 0 Å². The Bertz CT molecular complexity index is 737. The second-order valence-electron chi connectivity index (χ2n) is 5.43. The van der Waals surface area contributed by atoms with Crippen molar-refractivity contribution >= 4 is 11.3 Å². The van der Waals surface area contributed by atoms with E-state index in [-0.39, 0.29) is 0 Å². The first kappa shape index (κ1) is 15.8. The van der Waals surface area contributed by atoms with Gasteiger partial charge in [0.25, 0.3) is 0 Å². The Morgan fingerprint density at radius 1 is 0.957 bits per heavy atom. The summed E-state index contributed by atoms with van der Waals surface area (Å²) in [6.07, 6.45) is 0. The zero-order chi connectivity index (χ0) is 15.9. The van der Waals surface area contributed by atoms with E-state index in [2.05, 4.69) is 65.5 Å². The maximum absolute atomic E-state index is 5.96. The molecule has 0 fully saturated rings. The third-order valence-corrected chi connectivity index (χ3v) is 4.35. The van der Waals surface area contributed by atoms with Gasteiger partial charge in [-0.2, -0.15) is 11.3 Å². The molecular formula is C20H21NOS. The lowest BCUT2D eigenvalue weighted by Gasteiger charge is -2.09. The Kier molecular flexibility index (Phi) is 5.46. The molecule has 0 saturated carbocycles. The van der Waals surface area contributed by atoms with Gasteiger partial charge in [-0.15, -0.1) is 0 Å². The van der Waals surface area contributed by atoms with Crippen LogP contribution in [0.15, 0.2) is 65.4 Å². The SMILES string of the molecule is CCNCc1cccc(OCc2cccc(-c3ccsc3)c2)c1. The molecule has 23 heavy (non-hydrogen) atoms. The minimum atomic E-state index is 0.586. The quantitative estimate of drug-likeness (QED) is 0.653. The molecule has 118 valence electrons. The lowest BCUT2D eigenvalue weighted by molar-refractivity contribution is 0.306. The summed E-state index contributed by atoms with van der Waals surface area (Å²) in [7, 11) is 0. The summed E-state index contributed by atoms with van der Waals surface area (Å²) in [4.78, 5) is 0. The lowest BCUT2D eigenvalue weighted by Crippen LogP contribution is -2.11. The molecule has 0 saturated heterocycles. The smallest absolute Gasteiger partial charge is 0.120 e. The van der Waals surface area contributed by atoms with Gasteiger partial charge in [-0.1, -0.05) is 37.3 Å². The Morgan fingerprint density at radius 2 is 1.83 bits per heavy atom. The first-order valence-electron chi connectivity index (χ1n) is 7.89. The third kappa shape index (κ3) is 4.44. The van der Waals surface area contributed by atoms with Crippen LogP contribution in [-0.2, 0) is 13.2 Å². The summed E-state index contributed by atoms with van der Waals surface area (Å²) in [5, 5.41) is 7.61. The Hall–Kier alpha value is -2.10. The van der Waals surface area contributed by atoms with Gasteiger partial charge in [0, 0.05) is 6.54 Å². The van der Waals surface area contributed by atoms with E-state index in [1.54, 1.807) is 11.3 Å². The van der Waals surface area contributed by atoms with Crippen molar-refractivity contribution in [1.29, 1.82) is 0 Å². The van der Waals surface area contributed by atoms with Crippen LogP contribution in [0.4, 0.5) is 0 Å². The van der Waals surface area contributed by atoms with E-state index in [1.807, 2.05) is 12.1 Å². The topological polar surface area (TPSA) is 21.3 Å². The molecule has 1 aromatic heterocycles. The van der Waals surface area contributed by atoms with Crippen molar-refractivity contribution in [3.8, 4) is 16.9 Å². The summed E-state index contributed by atoms with van der Waals surface area (Å²) in [6, 6.07) is 19.0. The zero-order valence-corrected chi connectivity index (χ0v) is 14.1. The standard InChI is InChI=1S/C20H21NOS/c1-2-21-13-16-5-4-8-20(12-16)22-14-17-6-3-7-18(11-17)19-9-10-23-15-19/h3-12,15,21H,2,13-14H2,1H3. The molecule has 3 heteroatoms. The van der Waals surface area contributed by atoms with Crippen molar-refractivity contribution < 1.29 is 4.74 Å². The van der Waals surface area contributed by atoms with Crippen molar-refractivity contribution in [2.45, 2.75) is 20.1 Å². The van der Waals surface area contributed by atoms with Crippen LogP contribution < -0.4 is 10.1 Å². The molecule has 0 radical (unpaired) electrons. The van der Waals surface area contributed by atoms with E-state index in [9.17, 15) is 0 Å². The van der Waals surface area contributed by atoms with Gasteiger partial charge >= 0.3 is 0 Å². The van der Waals surface area contributed by atoms with Crippen LogP contribution in [0.3, 0.4) is 0 Å². The molecule has 0 unspecified atom stereocenters. The Morgan fingerprint density at radius 3 is 2.65 bits per heavy atom. The number of hydrogen-bond donors (Lipinski definition) is 1. The summed E-state index contributed by atoms with van der Waals surface area (Å²) < 4.78 is 5.96. The molecule has 3 aromatic rings. The minimum absolute atomic E-state index is 0.586. The molecule has 2 nitrogen and oxygen atoms in total. The normalized spacial score (nSPS) is 10.7. The molecule has 0 bridgehead atoms. The number of thiophene rings is 1. The third-order valence-electron chi connectivity index (χ3n) is 3.66. The number of rotatable bonds is 7. The van der Waals surface area contributed by atoms with Crippen LogP contribution in [0.25, 0.3) is 11.1 Å². The first-order chi connectivity index (χ1) is 11.3. The van der Waals surface area contributed by atoms with E-state index in [0.717, 1.165) is 18.8 Å². The highest BCUT2D eigenvalue weighted by Crippen LogP contribution is 2.23. The van der Waals surface area contributed by atoms with Crippen molar-refractivity contribution in [3.63, 3.8) is 0 Å². The van der Waals surface area contributed by atoms with Crippen LogP contribution in [-0.4, -0.2) is 6.54 Å². The van der Waals surface area contributed by atoms with Crippen LogP contribution in [0, 0.1) is 0 Å². The molecule has 2 aromatic carbocycles. The molecule has 3 rings (SSSR count). The molecule has 0 aliphatic rings. The van der Waals surface area contributed by atoms with Crippen LogP contribution in [0.2, 0.25) is 0 Å². The molecule has 0 spiro atoms. The number of benzene rings is 2. The van der Waals surface area contributed by atoms with Gasteiger partial charge in [-0.25, -0.2) is 0 Å². The van der Waals surface area contributed by atoms with Crippen LogP contribution >= 0.6 is 11.3 Å². The first-order valence-corrected chi connectivity index (χ1v) is 8.83. The molecular weight excluding hydrogens is 302 g/mol. The largest absolute Gasteiger partial charge is 0.489 e. The molecule has 0 aliphatic carbocycles. The van der Waals surface area contributed by atoms with Gasteiger partial charge in [-0.3, -0.25) is 0 Å². The van der Waals surface area contributed by atoms with Gasteiger partial charge < -0.3 is 10.1 Å². The summed E-state index contributed by atoms with van der Waals surface area (Å²) in [6.45, 7) is 4.55. The number of hydrogen-bond acceptors (Lipinski definition) is 3. The summed E-state index contributed by atoms with van der Waals surface area (Å²) >= 11 is 1.72. The molecule has 0 amide bonds. The van der Waals surface area contributed by atoms with Crippen molar-refractivity contribution in [2.75, 3.05) is 6.54 Å².